The van der Waals surface area contributed by atoms with E-state index in [4.69, 9.17) is 4.74 Å². The molecule has 1 N–H and O–H groups in total. The summed E-state index contributed by atoms with van der Waals surface area (Å²) in [5.74, 6) is -0.215. The summed E-state index contributed by atoms with van der Waals surface area (Å²) in [5, 5.41) is 12.2. The van der Waals surface area contributed by atoms with Crippen LogP contribution in [0.2, 0.25) is 0 Å². The number of rotatable bonds is 12. The summed E-state index contributed by atoms with van der Waals surface area (Å²) in [6.07, 6.45) is 7.12. The van der Waals surface area contributed by atoms with Gasteiger partial charge in [0.25, 0.3) is 0 Å². The Hall–Kier alpha value is -3.85. The monoisotopic (exact) mass is 561 g/mol. The number of allylic oxidation sites excluding steroid dienone is 5. The fourth-order valence-electron chi connectivity index (χ4n) is 4.85. The van der Waals surface area contributed by atoms with Crippen molar-refractivity contribution < 1.29 is 19.1 Å². The number of aromatic nitrogens is 3. The largest absolute Gasteiger partial charge is 0.374 e. The quantitative estimate of drug-likeness (QED) is 0.285. The number of ether oxygens (including phenoxy) is 1. The topological polar surface area (TPSA) is 106 Å². The van der Waals surface area contributed by atoms with Crippen LogP contribution < -0.4 is 5.32 Å². The Kier molecular flexibility index (Phi) is 10.2. The Morgan fingerprint density at radius 2 is 1.93 bits per heavy atom. The smallest absolute Gasteiger partial charge is 0.227 e. The van der Waals surface area contributed by atoms with Crippen molar-refractivity contribution in [1.29, 1.82) is 0 Å². The van der Waals surface area contributed by atoms with Crippen LogP contribution in [0.15, 0.2) is 48.7 Å². The number of amides is 2. The van der Waals surface area contributed by atoms with Crippen LogP contribution in [-0.2, 0) is 31.2 Å². The number of nitrogens with zero attached hydrogens (tertiary/aromatic N) is 4. The number of hydrogen-bond acceptors (Lipinski definition) is 6. The molecule has 3 rings (SSSR count). The van der Waals surface area contributed by atoms with Crippen molar-refractivity contribution in [2.75, 3.05) is 13.2 Å². The maximum atomic E-state index is 13.3. The van der Waals surface area contributed by atoms with E-state index in [2.05, 4.69) is 54.3 Å². The summed E-state index contributed by atoms with van der Waals surface area (Å²) < 4.78 is 8.13. The molecule has 9 nitrogen and oxygen atoms in total. The number of aryl methyl sites for hydroxylation is 1. The first kappa shape index (κ1) is 31.7. The highest BCUT2D eigenvalue weighted by atomic mass is 16.5. The second-order valence-corrected chi connectivity index (χ2v) is 11.7. The molecular weight excluding hydrogens is 518 g/mol. The highest BCUT2D eigenvalue weighted by Crippen LogP contribution is 2.39. The van der Waals surface area contributed by atoms with Gasteiger partial charge in [-0.05, 0) is 53.5 Å². The molecule has 2 amide bonds. The summed E-state index contributed by atoms with van der Waals surface area (Å²) in [6.45, 7) is 18.6. The standard InChI is InChI=1S/C32H43N5O4/c1-9-10-12-26-23(3)36(28(40)13-11-17-38)20-25-19-22(2)14-15-27(25)30-29(26)34-35-37(30)31(5,6)16-18-41-32(7,8)21-33-24(4)39/h9-10,12,14-15,17,19H,1,11,13,16,18,20-21H2,2-8H3,(H,33,39)/b12-10-,26-23-. The van der Waals surface area contributed by atoms with Crippen LogP contribution in [0, 0.1) is 6.92 Å². The molecule has 1 aliphatic heterocycles. The fourth-order valence-corrected chi connectivity index (χ4v) is 4.85. The van der Waals surface area contributed by atoms with E-state index >= 15 is 0 Å². The Morgan fingerprint density at radius 1 is 1.20 bits per heavy atom. The Labute approximate surface area is 243 Å². The van der Waals surface area contributed by atoms with E-state index in [-0.39, 0.29) is 24.7 Å². The number of carbonyl (C=O) groups excluding carboxylic acids is 3. The van der Waals surface area contributed by atoms with E-state index < -0.39 is 11.1 Å². The van der Waals surface area contributed by atoms with Crippen LogP contribution in [0.25, 0.3) is 16.8 Å². The normalized spacial score (nSPS) is 15.6. The van der Waals surface area contributed by atoms with Gasteiger partial charge in [0.2, 0.25) is 11.8 Å². The van der Waals surface area contributed by atoms with Gasteiger partial charge in [-0.15, -0.1) is 5.10 Å². The van der Waals surface area contributed by atoms with Gasteiger partial charge >= 0.3 is 0 Å². The van der Waals surface area contributed by atoms with Gasteiger partial charge in [-0.1, -0.05) is 53.8 Å². The number of benzene rings is 1. The summed E-state index contributed by atoms with van der Waals surface area (Å²) in [6, 6.07) is 6.21. The maximum Gasteiger partial charge on any atom is 0.227 e. The van der Waals surface area contributed by atoms with Crippen LogP contribution >= 0.6 is 0 Å². The molecule has 1 aliphatic rings. The van der Waals surface area contributed by atoms with Gasteiger partial charge in [-0.2, -0.15) is 0 Å². The highest BCUT2D eigenvalue weighted by molar-refractivity contribution is 5.89. The predicted octanol–water partition coefficient (Wildman–Crippen LogP) is 5.10. The van der Waals surface area contributed by atoms with Crippen molar-refractivity contribution in [2.24, 2.45) is 0 Å². The molecular formula is C32H43N5O4. The third-order valence-electron chi connectivity index (χ3n) is 7.28. The molecule has 0 fully saturated rings. The van der Waals surface area contributed by atoms with E-state index in [9.17, 15) is 14.4 Å². The minimum absolute atomic E-state index is 0.0919. The minimum atomic E-state index is -0.522. The van der Waals surface area contributed by atoms with Gasteiger partial charge in [0.15, 0.2) is 0 Å². The van der Waals surface area contributed by atoms with Gasteiger partial charge in [-0.3, -0.25) is 9.59 Å². The van der Waals surface area contributed by atoms with E-state index in [0.717, 1.165) is 39.9 Å². The second-order valence-electron chi connectivity index (χ2n) is 11.7. The molecule has 2 heterocycles. The molecule has 0 saturated heterocycles. The van der Waals surface area contributed by atoms with Crippen LogP contribution in [0.5, 0.6) is 0 Å². The molecule has 0 bridgehead atoms. The molecule has 220 valence electrons. The molecule has 0 saturated carbocycles. The van der Waals surface area contributed by atoms with Gasteiger partial charge in [0.1, 0.15) is 12.0 Å². The lowest BCUT2D eigenvalue weighted by molar-refractivity contribution is -0.130. The highest BCUT2D eigenvalue weighted by Gasteiger charge is 2.33. The molecule has 2 aromatic rings. The van der Waals surface area contributed by atoms with Crippen molar-refractivity contribution in [3.63, 3.8) is 0 Å². The molecule has 0 radical (unpaired) electrons. The molecule has 1 aromatic carbocycles. The summed E-state index contributed by atoms with van der Waals surface area (Å²) in [5.41, 5.74) is 5.03. The zero-order chi connectivity index (χ0) is 30.4. The number of carbonyl (C=O) groups is 3. The van der Waals surface area contributed by atoms with Crippen molar-refractivity contribution in [1.82, 2.24) is 25.2 Å². The van der Waals surface area contributed by atoms with E-state index in [1.54, 1.807) is 11.0 Å². The van der Waals surface area contributed by atoms with Crippen molar-refractivity contribution >= 4 is 23.7 Å². The summed E-state index contributed by atoms with van der Waals surface area (Å²) in [7, 11) is 0. The first-order chi connectivity index (χ1) is 19.3. The molecule has 0 atom stereocenters. The molecule has 0 unspecified atom stereocenters. The number of nitrogens with one attached hydrogen (secondary N) is 1. The van der Waals surface area contributed by atoms with Gasteiger partial charge in [0, 0.05) is 49.8 Å². The van der Waals surface area contributed by atoms with Gasteiger partial charge in [-0.25, -0.2) is 4.68 Å². The molecule has 9 heteroatoms. The third-order valence-corrected chi connectivity index (χ3v) is 7.28. The Balaban J connectivity index is 2.12. The fraction of sp³-hybridized carbons (Fsp3) is 0.469. The predicted molar refractivity (Wildman–Crippen MR) is 161 cm³/mol. The van der Waals surface area contributed by atoms with Crippen molar-refractivity contribution in [3.05, 3.63) is 65.5 Å². The number of fused-ring (bicyclic) bond motifs is 3. The minimum Gasteiger partial charge on any atom is -0.374 e. The summed E-state index contributed by atoms with van der Waals surface area (Å²) in [4.78, 5) is 37.5. The second kappa shape index (κ2) is 13.2. The molecule has 0 aliphatic carbocycles. The van der Waals surface area contributed by atoms with E-state index in [0.29, 0.717) is 31.8 Å². The number of hydrogen-bond donors (Lipinski definition) is 1. The third kappa shape index (κ3) is 7.67. The maximum absolute atomic E-state index is 13.3. The van der Waals surface area contributed by atoms with Crippen LogP contribution in [0.3, 0.4) is 0 Å². The lowest BCUT2D eigenvalue weighted by Gasteiger charge is -2.32. The lowest BCUT2D eigenvalue weighted by atomic mass is 9.92. The molecule has 41 heavy (non-hydrogen) atoms. The SMILES string of the molecule is C=C/C=C\C1=C(/C)N(C(=O)CCC=O)Cc2cc(C)ccc2-c2c1nnn2C(C)(C)CCOC(C)(C)CNC(C)=O. The average molecular weight is 562 g/mol. The van der Waals surface area contributed by atoms with Crippen LogP contribution in [0.1, 0.15) is 77.6 Å². The van der Waals surface area contributed by atoms with Gasteiger partial charge < -0.3 is 19.7 Å². The molecule has 0 spiro atoms. The van der Waals surface area contributed by atoms with Crippen LogP contribution in [0.4, 0.5) is 0 Å². The zero-order valence-corrected chi connectivity index (χ0v) is 25.4. The number of aldehydes is 1. The Morgan fingerprint density at radius 3 is 2.59 bits per heavy atom. The average Bonchev–Trinajstić information content (AvgIpc) is 3.34. The van der Waals surface area contributed by atoms with E-state index in [1.807, 2.05) is 44.5 Å². The molecule has 1 aromatic heterocycles. The van der Waals surface area contributed by atoms with Gasteiger partial charge in [0.05, 0.1) is 23.4 Å². The van der Waals surface area contributed by atoms with Crippen molar-refractivity contribution in [2.45, 2.75) is 85.4 Å². The van der Waals surface area contributed by atoms with E-state index in [1.165, 1.54) is 6.92 Å². The van der Waals surface area contributed by atoms with Crippen molar-refractivity contribution in [3.8, 4) is 11.3 Å². The summed E-state index contributed by atoms with van der Waals surface area (Å²) >= 11 is 0. The zero-order valence-electron chi connectivity index (χ0n) is 25.4. The first-order valence-electron chi connectivity index (χ1n) is 14.0. The van der Waals surface area contributed by atoms with Crippen LogP contribution in [-0.4, -0.2) is 56.7 Å². The lowest BCUT2D eigenvalue weighted by Crippen LogP contribution is -2.41. The first-order valence-corrected chi connectivity index (χ1v) is 14.0. The Bertz CT molecular complexity index is 1370.